The molecule has 0 N–H and O–H groups in total. The Labute approximate surface area is 204 Å². The van der Waals surface area contributed by atoms with Gasteiger partial charge in [-0.15, -0.1) is 10.2 Å². The summed E-state index contributed by atoms with van der Waals surface area (Å²) in [5.41, 5.74) is 4.23. The van der Waals surface area contributed by atoms with Gasteiger partial charge < -0.3 is 4.90 Å². The molecular weight excluding hydrogens is 470 g/mol. The molecule has 34 heavy (non-hydrogen) atoms. The highest BCUT2D eigenvalue weighted by atomic mass is 32.2. The molecule has 1 unspecified atom stereocenters. The van der Waals surface area contributed by atoms with Gasteiger partial charge in [-0.3, -0.25) is 14.3 Å². The van der Waals surface area contributed by atoms with Crippen LogP contribution in [0.2, 0.25) is 0 Å². The summed E-state index contributed by atoms with van der Waals surface area (Å²) in [6.07, 6.45) is 5.65. The van der Waals surface area contributed by atoms with Gasteiger partial charge in [0.1, 0.15) is 0 Å². The van der Waals surface area contributed by atoms with Crippen LogP contribution in [0.4, 0.5) is 0 Å². The lowest BCUT2D eigenvalue weighted by molar-refractivity contribution is -0.128. The molecule has 10 heteroatoms. The maximum absolute atomic E-state index is 12.9. The number of hydrogen-bond acceptors (Lipinski definition) is 7. The van der Waals surface area contributed by atoms with E-state index in [1.807, 2.05) is 16.7 Å². The maximum Gasteiger partial charge on any atom is 0.233 e. The average molecular weight is 500 g/mol. The predicted octanol–water partition coefficient (Wildman–Crippen LogP) is 3.19. The summed E-state index contributed by atoms with van der Waals surface area (Å²) < 4.78 is 25.7. The molecule has 0 saturated carbocycles. The quantitative estimate of drug-likeness (QED) is 0.439. The van der Waals surface area contributed by atoms with Gasteiger partial charge in [0.05, 0.1) is 22.9 Å². The van der Waals surface area contributed by atoms with Crippen molar-refractivity contribution in [3.63, 3.8) is 0 Å². The fraction of sp³-hybridized carbons (Fsp3) is 0.417. The highest BCUT2D eigenvalue weighted by Gasteiger charge is 2.33. The molecule has 180 valence electrons. The van der Waals surface area contributed by atoms with Gasteiger partial charge >= 0.3 is 0 Å². The summed E-state index contributed by atoms with van der Waals surface area (Å²) >= 11 is 1.32. The Bertz CT molecular complexity index is 1250. The van der Waals surface area contributed by atoms with Crippen LogP contribution in [0.5, 0.6) is 0 Å². The Kier molecular flexibility index (Phi) is 7.37. The summed E-state index contributed by atoms with van der Waals surface area (Å²) in [5, 5.41) is 9.55. The topological polar surface area (TPSA) is 98.1 Å². The van der Waals surface area contributed by atoms with Crippen molar-refractivity contribution in [2.24, 2.45) is 0 Å². The number of amides is 1. The molecule has 1 aromatic carbocycles. The Morgan fingerprint density at radius 2 is 1.88 bits per heavy atom. The summed E-state index contributed by atoms with van der Waals surface area (Å²) in [5.74, 6) is 0.871. The van der Waals surface area contributed by atoms with E-state index >= 15 is 0 Å². The number of sulfone groups is 1. The van der Waals surface area contributed by atoms with Gasteiger partial charge in [-0.05, 0) is 42.5 Å². The highest BCUT2D eigenvalue weighted by molar-refractivity contribution is 7.99. The fourth-order valence-electron chi connectivity index (χ4n) is 4.26. The Balaban J connectivity index is 1.68. The van der Waals surface area contributed by atoms with Crippen molar-refractivity contribution in [1.82, 2.24) is 24.6 Å². The first-order valence-corrected chi connectivity index (χ1v) is 14.2. The number of benzene rings is 1. The molecule has 1 aliphatic rings. The van der Waals surface area contributed by atoms with Crippen molar-refractivity contribution in [1.29, 1.82) is 0 Å². The Hall–Kier alpha value is -2.72. The first kappa shape index (κ1) is 24.4. The van der Waals surface area contributed by atoms with Crippen molar-refractivity contribution >= 4 is 27.5 Å². The number of thioether (sulfide) groups is 1. The minimum atomic E-state index is -3.06. The molecule has 1 amide bonds. The van der Waals surface area contributed by atoms with Crippen LogP contribution in [0.1, 0.15) is 31.4 Å². The normalized spacial score (nSPS) is 17.1. The highest BCUT2D eigenvalue weighted by Crippen LogP contribution is 2.32. The van der Waals surface area contributed by atoms with Crippen LogP contribution in [-0.2, 0) is 27.5 Å². The molecule has 1 saturated heterocycles. The minimum absolute atomic E-state index is 0.0327. The minimum Gasteiger partial charge on any atom is -0.341 e. The molecule has 3 aromatic rings. The van der Waals surface area contributed by atoms with Crippen LogP contribution < -0.4 is 0 Å². The lowest BCUT2D eigenvalue weighted by Gasteiger charge is -2.23. The van der Waals surface area contributed by atoms with Crippen LogP contribution in [0.25, 0.3) is 17.1 Å². The van der Waals surface area contributed by atoms with Crippen LogP contribution in [0.3, 0.4) is 0 Å². The monoisotopic (exact) mass is 499 g/mol. The van der Waals surface area contributed by atoms with Crippen molar-refractivity contribution in [2.75, 3.05) is 24.3 Å². The van der Waals surface area contributed by atoms with Crippen molar-refractivity contribution < 1.29 is 13.2 Å². The first-order valence-electron chi connectivity index (χ1n) is 11.4. The molecule has 4 rings (SSSR count). The zero-order valence-electron chi connectivity index (χ0n) is 19.6. The fourth-order valence-corrected chi connectivity index (χ4v) is 6.90. The molecular formula is C24H29N5O3S2. The van der Waals surface area contributed by atoms with Gasteiger partial charge in [-0.1, -0.05) is 43.8 Å². The van der Waals surface area contributed by atoms with E-state index in [1.165, 1.54) is 22.9 Å². The molecule has 1 aliphatic heterocycles. The summed E-state index contributed by atoms with van der Waals surface area (Å²) in [7, 11) is -1.38. The van der Waals surface area contributed by atoms with Crippen molar-refractivity contribution in [2.45, 2.75) is 44.3 Å². The second-order valence-electron chi connectivity index (χ2n) is 8.37. The number of pyridine rings is 1. The van der Waals surface area contributed by atoms with Gasteiger partial charge in [-0.25, -0.2) is 8.42 Å². The van der Waals surface area contributed by atoms with E-state index in [0.717, 1.165) is 24.1 Å². The third-order valence-corrected chi connectivity index (χ3v) is 8.88. The average Bonchev–Trinajstić information content (AvgIpc) is 3.44. The molecule has 1 atom stereocenters. The van der Waals surface area contributed by atoms with Gasteiger partial charge in [0.15, 0.2) is 20.8 Å². The van der Waals surface area contributed by atoms with E-state index in [2.05, 4.69) is 47.2 Å². The molecule has 2 aromatic heterocycles. The first-order chi connectivity index (χ1) is 16.3. The van der Waals surface area contributed by atoms with E-state index in [-0.39, 0.29) is 29.2 Å². The van der Waals surface area contributed by atoms with Crippen molar-refractivity contribution in [3.05, 3.63) is 53.9 Å². The second kappa shape index (κ2) is 10.3. The third-order valence-electron chi connectivity index (χ3n) is 6.22. The zero-order valence-corrected chi connectivity index (χ0v) is 21.3. The van der Waals surface area contributed by atoms with Crippen LogP contribution in [0, 0.1) is 0 Å². The third kappa shape index (κ3) is 5.02. The number of aryl methyl sites for hydroxylation is 2. The molecule has 0 bridgehead atoms. The lowest BCUT2D eigenvalue weighted by atomic mass is 10.0. The van der Waals surface area contributed by atoms with Crippen LogP contribution in [0.15, 0.2) is 47.9 Å². The lowest BCUT2D eigenvalue weighted by Crippen LogP contribution is -2.38. The van der Waals surface area contributed by atoms with Gasteiger partial charge in [-0.2, -0.15) is 0 Å². The predicted molar refractivity (Wildman–Crippen MR) is 134 cm³/mol. The van der Waals surface area contributed by atoms with E-state index < -0.39 is 9.84 Å². The van der Waals surface area contributed by atoms with Gasteiger partial charge in [0.25, 0.3) is 0 Å². The number of hydrogen-bond donors (Lipinski definition) is 0. The molecule has 8 nitrogen and oxygen atoms in total. The number of nitrogens with zero attached hydrogens (tertiary/aromatic N) is 5. The summed E-state index contributed by atoms with van der Waals surface area (Å²) in [4.78, 5) is 18.7. The zero-order chi connectivity index (χ0) is 24.3. The van der Waals surface area contributed by atoms with E-state index in [9.17, 15) is 13.2 Å². The summed E-state index contributed by atoms with van der Waals surface area (Å²) in [6, 6.07) is 9.82. The molecule has 0 radical (unpaired) electrons. The van der Waals surface area contributed by atoms with E-state index in [0.29, 0.717) is 17.4 Å². The van der Waals surface area contributed by atoms with Crippen LogP contribution >= 0.6 is 11.8 Å². The number of carbonyl (C=O) groups is 1. The Morgan fingerprint density at radius 1 is 1.15 bits per heavy atom. The standard InChI is InChI=1S/C24H29N5O3S2/c1-4-17-8-6-9-18(5-2)22(17)29-23(19-10-7-12-25-14-19)26-27-24(29)33-15-21(30)28(3)20-11-13-34(31,32)16-20/h6-10,12,14,20H,4-5,11,13,15-16H2,1-3H3. The SMILES string of the molecule is CCc1cccc(CC)c1-n1c(SCC(=O)N(C)C2CCS(=O)(=O)C2)nnc1-c1cccnc1. The molecule has 0 aliphatic carbocycles. The van der Waals surface area contributed by atoms with Gasteiger partial charge in [0, 0.05) is 31.0 Å². The van der Waals surface area contributed by atoms with Crippen molar-refractivity contribution in [3.8, 4) is 17.1 Å². The molecule has 0 spiro atoms. The molecule has 1 fully saturated rings. The van der Waals surface area contributed by atoms with E-state index in [4.69, 9.17) is 0 Å². The van der Waals surface area contributed by atoms with Gasteiger partial charge in [0.2, 0.25) is 5.91 Å². The largest absolute Gasteiger partial charge is 0.341 e. The number of rotatable bonds is 8. The van der Waals surface area contributed by atoms with Crippen LogP contribution in [-0.4, -0.2) is 69.3 Å². The summed E-state index contributed by atoms with van der Waals surface area (Å²) in [6.45, 7) is 4.24. The number of carbonyl (C=O) groups excluding carboxylic acids is 1. The second-order valence-corrected chi connectivity index (χ2v) is 11.5. The number of para-hydroxylation sites is 1. The smallest absolute Gasteiger partial charge is 0.233 e. The van der Waals surface area contributed by atoms with E-state index in [1.54, 1.807) is 24.3 Å². The maximum atomic E-state index is 12.9. The number of aromatic nitrogens is 4. The molecule has 3 heterocycles. The Morgan fingerprint density at radius 3 is 2.47 bits per heavy atom.